The maximum Gasteiger partial charge on any atom is 0.277 e. The summed E-state index contributed by atoms with van der Waals surface area (Å²) in [5.74, 6) is -0.812. The predicted octanol–water partition coefficient (Wildman–Crippen LogP) is 8.37. The molecule has 0 aliphatic heterocycles. The Morgan fingerprint density at radius 3 is 2.20 bits per heavy atom. The number of non-ortho nitro benzene ring substituents is 1. The molecule has 1 aliphatic rings. The van der Waals surface area contributed by atoms with Crippen LogP contribution in [-0.4, -0.2) is 26.7 Å². The van der Waals surface area contributed by atoms with Crippen LogP contribution in [0.25, 0.3) is 21.7 Å². The number of anilines is 1. The number of carbonyl (C=O) groups excluding carboxylic acids is 2. The number of nitro groups is 1. The van der Waals surface area contributed by atoms with E-state index in [1.165, 1.54) is 6.07 Å². The summed E-state index contributed by atoms with van der Waals surface area (Å²) >= 11 is 0. The number of nitrogens with one attached hydrogen (secondary N) is 1. The van der Waals surface area contributed by atoms with Gasteiger partial charge < -0.3 is 10.4 Å². The molecule has 1 aromatic heterocycles. The highest BCUT2D eigenvalue weighted by Gasteiger charge is 2.34. The number of ketones is 1. The minimum absolute atomic E-state index is 0.0337. The van der Waals surface area contributed by atoms with Crippen LogP contribution in [0.1, 0.15) is 90.6 Å². The van der Waals surface area contributed by atoms with E-state index in [2.05, 4.69) is 5.32 Å². The lowest BCUT2D eigenvalue weighted by Gasteiger charge is -2.28. The number of fused-ring (bicyclic) bond motifs is 3. The Labute approximate surface area is 261 Å². The van der Waals surface area contributed by atoms with Gasteiger partial charge in [-0.15, -0.1) is 0 Å². The van der Waals surface area contributed by atoms with Crippen molar-refractivity contribution in [3.63, 3.8) is 0 Å². The van der Waals surface area contributed by atoms with E-state index in [9.17, 15) is 24.8 Å². The van der Waals surface area contributed by atoms with Gasteiger partial charge >= 0.3 is 0 Å². The second-order valence-electron chi connectivity index (χ2n) is 13.9. The number of pyridine rings is 1. The first-order chi connectivity index (χ1) is 21.1. The predicted molar refractivity (Wildman–Crippen MR) is 177 cm³/mol. The Kier molecular flexibility index (Phi) is 6.99. The van der Waals surface area contributed by atoms with Gasteiger partial charge in [-0.25, -0.2) is 4.98 Å². The second kappa shape index (κ2) is 10.5. The van der Waals surface area contributed by atoms with Crippen LogP contribution in [0.3, 0.4) is 0 Å². The van der Waals surface area contributed by atoms with E-state index in [4.69, 9.17) is 4.98 Å². The summed E-state index contributed by atoms with van der Waals surface area (Å²) in [6.07, 6.45) is 0.429. The molecule has 0 fully saturated rings. The quantitative estimate of drug-likeness (QED) is 0.158. The van der Waals surface area contributed by atoms with Crippen LogP contribution in [0, 0.1) is 10.1 Å². The number of phenols is 1. The highest BCUT2D eigenvalue weighted by atomic mass is 16.6. The normalized spacial score (nSPS) is 15.0. The highest BCUT2D eigenvalue weighted by Crippen LogP contribution is 2.41. The fourth-order valence-corrected chi connectivity index (χ4v) is 6.21. The monoisotopic (exact) mass is 601 g/mol. The SMILES string of the molecule is CC(C)(C)c1cc(C(=O)Nc2cccc3ccc(C4Cc5cc6cccc([N+](=O)[O-])c6cc5C4=O)nc23)cc(C(C)(C)C)c1O. The Morgan fingerprint density at radius 1 is 0.911 bits per heavy atom. The first kappa shape index (κ1) is 29.9. The Balaban J connectivity index is 1.37. The van der Waals surface area contributed by atoms with Gasteiger partial charge in [0, 0.05) is 33.7 Å². The largest absolute Gasteiger partial charge is 0.507 e. The van der Waals surface area contributed by atoms with Gasteiger partial charge in [0.05, 0.1) is 33.1 Å². The molecule has 1 atom stereocenters. The number of rotatable bonds is 4. The zero-order valence-corrected chi connectivity index (χ0v) is 26.2. The minimum Gasteiger partial charge on any atom is -0.507 e. The molecule has 8 nitrogen and oxygen atoms in total. The van der Waals surface area contributed by atoms with Crippen molar-refractivity contribution in [3.05, 3.63) is 116 Å². The maximum absolute atomic E-state index is 13.7. The molecule has 4 aromatic carbocycles. The molecule has 6 rings (SSSR count). The number of aromatic nitrogens is 1. The summed E-state index contributed by atoms with van der Waals surface area (Å²) in [7, 11) is 0. The van der Waals surface area contributed by atoms with Crippen LogP contribution >= 0.6 is 0 Å². The number of carbonyl (C=O) groups is 2. The van der Waals surface area contributed by atoms with E-state index < -0.39 is 21.7 Å². The molecule has 1 aliphatic carbocycles. The Morgan fingerprint density at radius 2 is 1.56 bits per heavy atom. The summed E-state index contributed by atoms with van der Waals surface area (Å²) in [5, 5.41) is 27.7. The smallest absolute Gasteiger partial charge is 0.277 e. The van der Waals surface area contributed by atoms with Gasteiger partial charge in [-0.3, -0.25) is 19.7 Å². The summed E-state index contributed by atoms with van der Waals surface area (Å²) in [6, 6.07) is 21.1. The molecular formula is C37H35N3O5. The van der Waals surface area contributed by atoms with E-state index in [-0.39, 0.29) is 23.1 Å². The number of para-hydroxylation sites is 1. The van der Waals surface area contributed by atoms with E-state index in [1.54, 1.807) is 30.3 Å². The third-order valence-electron chi connectivity index (χ3n) is 8.62. The summed E-state index contributed by atoms with van der Waals surface area (Å²) < 4.78 is 0. The molecule has 5 aromatic rings. The van der Waals surface area contributed by atoms with E-state index in [0.29, 0.717) is 56.3 Å². The molecule has 45 heavy (non-hydrogen) atoms. The van der Waals surface area contributed by atoms with Crippen molar-refractivity contribution >= 4 is 44.7 Å². The fraction of sp³-hybridized carbons (Fsp3) is 0.270. The van der Waals surface area contributed by atoms with Crippen molar-refractivity contribution < 1.29 is 19.6 Å². The van der Waals surface area contributed by atoms with E-state index in [1.807, 2.05) is 77.9 Å². The number of Topliss-reactive ketones (excluding diaryl/α,β-unsaturated/α-hetero) is 1. The molecule has 0 spiro atoms. The van der Waals surface area contributed by atoms with E-state index in [0.717, 1.165) is 10.9 Å². The molecule has 0 radical (unpaired) electrons. The first-order valence-electron chi connectivity index (χ1n) is 15.0. The second-order valence-corrected chi connectivity index (χ2v) is 13.9. The van der Waals surface area contributed by atoms with Crippen molar-refractivity contribution in [2.24, 2.45) is 0 Å². The molecule has 0 saturated heterocycles. The Hall–Kier alpha value is -5.11. The van der Waals surface area contributed by atoms with Gasteiger partial charge in [-0.05, 0) is 58.5 Å². The number of nitro benzene ring substituents is 1. The molecule has 0 saturated carbocycles. The molecule has 1 unspecified atom stereocenters. The lowest BCUT2D eigenvalue weighted by Crippen LogP contribution is -2.21. The van der Waals surface area contributed by atoms with Crippen LogP contribution in [0.2, 0.25) is 0 Å². The minimum atomic E-state index is -0.551. The number of phenolic OH excluding ortho intramolecular Hbond substituents is 1. The van der Waals surface area contributed by atoms with Gasteiger partial charge in [0.15, 0.2) is 5.78 Å². The van der Waals surface area contributed by atoms with Gasteiger partial charge in [-0.1, -0.05) is 77.9 Å². The summed E-state index contributed by atoms with van der Waals surface area (Å²) in [5.41, 5.74) is 3.93. The van der Waals surface area contributed by atoms with E-state index >= 15 is 0 Å². The number of hydrogen-bond donors (Lipinski definition) is 2. The molecule has 0 bridgehead atoms. The lowest BCUT2D eigenvalue weighted by molar-refractivity contribution is -0.383. The van der Waals surface area contributed by atoms with Gasteiger partial charge in [-0.2, -0.15) is 0 Å². The standard InChI is InChI=1S/C37H35N3O5/c1-36(2,3)27-17-23(18-28(34(27)42)37(4,5)6)35(43)39-30-11-7-9-20-13-14-29(38-32(20)30)26-16-22-15-21-10-8-12-31(40(44)45)24(21)19-25(22)33(26)41/h7-15,17-19,26,42H,16H2,1-6H3,(H,39,43). The summed E-state index contributed by atoms with van der Waals surface area (Å²) in [6.45, 7) is 12.0. The fourth-order valence-electron chi connectivity index (χ4n) is 6.21. The molecule has 228 valence electrons. The zero-order chi connectivity index (χ0) is 32.4. The molecule has 2 N–H and O–H groups in total. The third kappa shape index (κ3) is 5.30. The number of nitrogens with zero attached hydrogens (tertiary/aromatic N) is 2. The average Bonchev–Trinajstić information content (AvgIpc) is 3.29. The zero-order valence-electron chi connectivity index (χ0n) is 26.2. The van der Waals surface area contributed by atoms with Gasteiger partial charge in [0.1, 0.15) is 5.75 Å². The lowest BCUT2D eigenvalue weighted by atomic mass is 9.78. The van der Waals surface area contributed by atoms with Gasteiger partial charge in [0.2, 0.25) is 0 Å². The van der Waals surface area contributed by atoms with Gasteiger partial charge in [0.25, 0.3) is 11.6 Å². The van der Waals surface area contributed by atoms with Crippen LogP contribution in [0.15, 0.2) is 72.8 Å². The topological polar surface area (TPSA) is 122 Å². The molecule has 8 heteroatoms. The number of aromatic hydroxyl groups is 1. The van der Waals surface area contributed by atoms with Crippen molar-refractivity contribution in [2.45, 2.75) is 64.7 Å². The van der Waals surface area contributed by atoms with Crippen LogP contribution in [0.5, 0.6) is 5.75 Å². The first-order valence-corrected chi connectivity index (χ1v) is 15.0. The number of benzene rings is 4. The number of hydrogen-bond acceptors (Lipinski definition) is 6. The maximum atomic E-state index is 13.7. The van der Waals surface area contributed by atoms with Crippen LogP contribution in [-0.2, 0) is 17.3 Å². The third-order valence-corrected chi connectivity index (χ3v) is 8.62. The van der Waals surface area contributed by atoms with Crippen LogP contribution in [0.4, 0.5) is 11.4 Å². The van der Waals surface area contributed by atoms with Crippen LogP contribution < -0.4 is 5.32 Å². The Bertz CT molecular complexity index is 2030. The number of amides is 1. The van der Waals surface area contributed by atoms with Crippen molar-refractivity contribution in [3.8, 4) is 5.75 Å². The summed E-state index contributed by atoms with van der Waals surface area (Å²) in [4.78, 5) is 43.5. The van der Waals surface area contributed by atoms with Crippen molar-refractivity contribution in [1.82, 2.24) is 4.98 Å². The molecular weight excluding hydrogens is 566 g/mol. The van der Waals surface area contributed by atoms with Crippen molar-refractivity contribution in [2.75, 3.05) is 5.32 Å². The average molecular weight is 602 g/mol. The molecule has 1 heterocycles. The highest BCUT2D eigenvalue weighted by molar-refractivity contribution is 6.10. The molecule has 1 amide bonds. The van der Waals surface area contributed by atoms with Crippen molar-refractivity contribution in [1.29, 1.82) is 0 Å².